The molecule has 4 nitrogen and oxygen atoms in total. The third-order valence-corrected chi connectivity index (χ3v) is 7.83. The number of benzene rings is 1. The number of hydrogen-bond acceptors (Lipinski definition) is 3. The second-order valence-corrected chi connectivity index (χ2v) is 12.9. The first-order chi connectivity index (χ1) is 17.7. The molecule has 0 fully saturated rings. The van der Waals surface area contributed by atoms with Crippen LogP contribution in [0.25, 0.3) is 5.57 Å². The molecule has 1 rings (SSSR count). The van der Waals surface area contributed by atoms with Crippen LogP contribution in [-0.2, 0) is 15.0 Å². The van der Waals surface area contributed by atoms with Crippen LogP contribution >= 0.6 is 0 Å². The number of nitrogens with one attached hydrogen (secondary N) is 1. The van der Waals surface area contributed by atoms with Crippen molar-refractivity contribution in [2.24, 2.45) is 5.92 Å². The molecule has 1 aromatic rings. The van der Waals surface area contributed by atoms with Gasteiger partial charge < -0.3 is 14.8 Å². The Morgan fingerprint density at radius 1 is 0.921 bits per heavy atom. The highest BCUT2D eigenvalue weighted by Gasteiger charge is 2.32. The number of allylic oxidation sites excluding steroid dienone is 1. The fourth-order valence-electron chi connectivity index (χ4n) is 4.98. The molecule has 0 aliphatic rings. The number of rotatable bonds is 19. The Bertz CT molecular complexity index is 840. The summed E-state index contributed by atoms with van der Waals surface area (Å²) in [5, 5.41) is 3.05. The van der Waals surface area contributed by atoms with Crippen molar-refractivity contribution in [1.82, 2.24) is 5.32 Å². The molecule has 0 aromatic heterocycles. The summed E-state index contributed by atoms with van der Waals surface area (Å²) in [6, 6.07) is 8.13. The van der Waals surface area contributed by atoms with E-state index in [2.05, 4.69) is 45.7 Å². The molecular formula is C34H59NO3. The predicted octanol–water partition coefficient (Wildman–Crippen LogP) is 10.2. The Morgan fingerprint density at radius 2 is 1.50 bits per heavy atom. The standard InChI is InChI=1S/C34H59NO3/c1-11-13-15-16-18-22-29(21-17-14-12-2)34(9,10)37-25-24-32(5,6)38-31(36)35-33(7,8)30-23-19-20-28(26-30)27(3)4/h19-20,23,26,29H,3,11-18,21-22,24-25H2,1-2,4-10H3,(H,35,36). The SMILES string of the molecule is C=C(C)c1cccc(C(C)(C)NC(=O)OC(C)(C)CCOC(C)(C)C(CCCCC)CCCCCCC)c1. The quantitative estimate of drug-likeness (QED) is 0.181. The van der Waals surface area contributed by atoms with Crippen LogP contribution < -0.4 is 5.32 Å². The normalized spacial score (nSPS) is 13.3. The van der Waals surface area contributed by atoms with Gasteiger partial charge in [-0.25, -0.2) is 4.79 Å². The zero-order valence-electron chi connectivity index (χ0n) is 26.3. The minimum absolute atomic E-state index is 0.187. The summed E-state index contributed by atoms with van der Waals surface area (Å²) in [5.74, 6) is 0.554. The van der Waals surface area contributed by atoms with E-state index in [0.717, 1.165) is 16.7 Å². The van der Waals surface area contributed by atoms with Crippen molar-refractivity contribution in [3.63, 3.8) is 0 Å². The predicted molar refractivity (Wildman–Crippen MR) is 164 cm³/mol. The molecule has 0 spiro atoms. The molecule has 0 radical (unpaired) electrons. The van der Waals surface area contributed by atoms with Crippen LogP contribution in [-0.4, -0.2) is 23.9 Å². The van der Waals surface area contributed by atoms with Crippen LogP contribution in [0.4, 0.5) is 4.79 Å². The average Bonchev–Trinajstić information content (AvgIpc) is 2.81. The largest absolute Gasteiger partial charge is 0.443 e. The van der Waals surface area contributed by atoms with Crippen LogP contribution in [0.2, 0.25) is 0 Å². The van der Waals surface area contributed by atoms with Gasteiger partial charge in [-0.15, -0.1) is 0 Å². The number of alkyl carbamates (subject to hydrolysis) is 1. The highest BCUT2D eigenvalue weighted by molar-refractivity contribution is 5.69. The lowest BCUT2D eigenvalue weighted by Gasteiger charge is -2.36. The molecule has 218 valence electrons. The molecule has 0 aliphatic carbocycles. The van der Waals surface area contributed by atoms with Crippen LogP contribution in [0.3, 0.4) is 0 Å². The van der Waals surface area contributed by atoms with Crippen molar-refractivity contribution in [2.75, 3.05) is 6.61 Å². The van der Waals surface area contributed by atoms with Gasteiger partial charge in [0.05, 0.1) is 17.7 Å². The molecule has 0 bridgehead atoms. The maximum Gasteiger partial charge on any atom is 0.408 e. The molecule has 1 atom stereocenters. The molecule has 1 aromatic carbocycles. The van der Waals surface area contributed by atoms with Crippen molar-refractivity contribution in [2.45, 2.75) is 150 Å². The summed E-state index contributed by atoms with van der Waals surface area (Å²) < 4.78 is 12.4. The van der Waals surface area contributed by atoms with E-state index in [0.29, 0.717) is 18.9 Å². The monoisotopic (exact) mass is 529 g/mol. The van der Waals surface area contributed by atoms with Gasteiger partial charge in [0.2, 0.25) is 0 Å². The molecule has 0 saturated heterocycles. The number of carbonyl (C=O) groups excluding carboxylic acids is 1. The van der Waals surface area contributed by atoms with E-state index in [4.69, 9.17) is 9.47 Å². The smallest absolute Gasteiger partial charge is 0.408 e. The van der Waals surface area contributed by atoms with E-state index < -0.39 is 17.2 Å². The molecule has 0 saturated carbocycles. The highest BCUT2D eigenvalue weighted by atomic mass is 16.6. The maximum absolute atomic E-state index is 12.9. The summed E-state index contributed by atoms with van der Waals surface area (Å²) in [7, 11) is 0. The number of hydrogen-bond donors (Lipinski definition) is 1. The van der Waals surface area contributed by atoms with Gasteiger partial charge in [-0.2, -0.15) is 0 Å². The number of amides is 1. The number of carbonyl (C=O) groups is 1. The second kappa shape index (κ2) is 16.3. The molecule has 1 unspecified atom stereocenters. The Labute approximate surface area is 235 Å². The highest BCUT2D eigenvalue weighted by Crippen LogP contribution is 2.32. The van der Waals surface area contributed by atoms with Gasteiger partial charge >= 0.3 is 6.09 Å². The lowest BCUT2D eigenvalue weighted by Crippen LogP contribution is -2.45. The minimum Gasteiger partial charge on any atom is -0.443 e. The van der Waals surface area contributed by atoms with Crippen molar-refractivity contribution in [3.8, 4) is 0 Å². The Balaban J connectivity index is 2.66. The van der Waals surface area contributed by atoms with E-state index >= 15 is 0 Å². The number of unbranched alkanes of at least 4 members (excludes halogenated alkanes) is 6. The van der Waals surface area contributed by atoms with E-state index in [1.807, 2.05) is 52.8 Å². The molecule has 0 aliphatic heterocycles. The minimum atomic E-state index is -0.631. The molecule has 0 heterocycles. The molecule has 1 N–H and O–H groups in total. The second-order valence-electron chi connectivity index (χ2n) is 12.9. The van der Waals surface area contributed by atoms with Gasteiger partial charge in [0.25, 0.3) is 0 Å². The molecule has 1 amide bonds. The van der Waals surface area contributed by atoms with Crippen molar-refractivity contribution in [1.29, 1.82) is 0 Å². The third-order valence-electron chi connectivity index (χ3n) is 7.83. The molecule has 4 heteroatoms. The van der Waals surface area contributed by atoms with Gasteiger partial charge in [-0.1, -0.05) is 95.6 Å². The summed E-state index contributed by atoms with van der Waals surface area (Å²) >= 11 is 0. The van der Waals surface area contributed by atoms with E-state index in [-0.39, 0.29) is 5.60 Å². The Hall–Kier alpha value is -1.81. The van der Waals surface area contributed by atoms with Crippen molar-refractivity contribution >= 4 is 11.7 Å². The fourth-order valence-corrected chi connectivity index (χ4v) is 4.98. The average molecular weight is 530 g/mol. The summed E-state index contributed by atoms with van der Waals surface area (Å²) in [6.07, 6.45) is 13.0. The summed E-state index contributed by atoms with van der Waals surface area (Å²) in [6.45, 7) is 23.5. The summed E-state index contributed by atoms with van der Waals surface area (Å²) in [5.41, 5.74) is 1.70. The Kier molecular flexibility index (Phi) is 14.7. The topological polar surface area (TPSA) is 47.6 Å². The Morgan fingerprint density at radius 3 is 2.11 bits per heavy atom. The van der Waals surface area contributed by atoms with Crippen LogP contribution in [0, 0.1) is 5.92 Å². The van der Waals surface area contributed by atoms with Gasteiger partial charge in [-0.05, 0) is 84.4 Å². The maximum atomic E-state index is 12.9. The zero-order valence-corrected chi connectivity index (χ0v) is 26.3. The van der Waals surface area contributed by atoms with Gasteiger partial charge in [0, 0.05) is 6.42 Å². The van der Waals surface area contributed by atoms with E-state index in [1.165, 1.54) is 64.2 Å². The van der Waals surface area contributed by atoms with E-state index in [9.17, 15) is 4.79 Å². The lowest BCUT2D eigenvalue weighted by atomic mass is 9.82. The zero-order chi connectivity index (χ0) is 28.8. The van der Waals surface area contributed by atoms with E-state index in [1.54, 1.807) is 0 Å². The molecular weight excluding hydrogens is 470 g/mol. The molecule has 38 heavy (non-hydrogen) atoms. The van der Waals surface area contributed by atoms with Crippen LogP contribution in [0.5, 0.6) is 0 Å². The van der Waals surface area contributed by atoms with Gasteiger partial charge in [0.1, 0.15) is 5.60 Å². The van der Waals surface area contributed by atoms with Gasteiger partial charge in [-0.3, -0.25) is 0 Å². The van der Waals surface area contributed by atoms with Crippen molar-refractivity contribution in [3.05, 3.63) is 42.0 Å². The lowest BCUT2D eigenvalue weighted by molar-refractivity contribution is -0.0844. The number of ether oxygens (including phenoxy) is 2. The first kappa shape index (κ1) is 34.2. The third kappa shape index (κ3) is 12.8. The summed E-state index contributed by atoms with van der Waals surface area (Å²) in [4.78, 5) is 12.9. The first-order valence-electron chi connectivity index (χ1n) is 15.2. The van der Waals surface area contributed by atoms with Crippen LogP contribution in [0.1, 0.15) is 144 Å². The fraction of sp³-hybridized carbons (Fsp3) is 0.735. The van der Waals surface area contributed by atoms with Crippen LogP contribution in [0.15, 0.2) is 30.8 Å². The van der Waals surface area contributed by atoms with Gasteiger partial charge in [0.15, 0.2) is 0 Å². The first-order valence-corrected chi connectivity index (χ1v) is 15.2. The van der Waals surface area contributed by atoms with Crippen molar-refractivity contribution < 1.29 is 14.3 Å².